The molecule has 0 spiro atoms. The number of nitrogens with one attached hydrogen (secondary N) is 3. The van der Waals surface area contributed by atoms with Gasteiger partial charge in [-0.25, -0.2) is 0 Å². The van der Waals surface area contributed by atoms with E-state index in [-0.39, 0.29) is 24.1 Å². The Balaban J connectivity index is 2.09. The largest absolute Gasteiger partial charge is 0.349 e. The average Bonchev–Trinajstić information content (AvgIpc) is 2.53. The molecular weight excluding hydrogens is 354 g/mol. The predicted molar refractivity (Wildman–Crippen MR) is 102 cm³/mol. The van der Waals surface area contributed by atoms with Crippen molar-refractivity contribution in [3.63, 3.8) is 0 Å². The highest BCUT2D eigenvalue weighted by Crippen LogP contribution is 2.22. The molecule has 1 atom stereocenters. The van der Waals surface area contributed by atoms with Crippen molar-refractivity contribution in [3.05, 3.63) is 59.1 Å². The molecule has 0 bridgehead atoms. The molecule has 0 aliphatic rings. The molecule has 2 aromatic rings. The monoisotopic (exact) mass is 373 g/mol. The van der Waals surface area contributed by atoms with Crippen LogP contribution in [0.15, 0.2) is 48.5 Å². The Hall–Kier alpha value is -2.86. The lowest BCUT2D eigenvalue weighted by molar-refractivity contribution is -0.120. The third-order valence-electron chi connectivity index (χ3n) is 3.48. The number of anilines is 2. The van der Waals surface area contributed by atoms with Crippen molar-refractivity contribution < 1.29 is 14.4 Å². The number of halogens is 1. The molecule has 0 heterocycles. The lowest BCUT2D eigenvalue weighted by Crippen LogP contribution is -2.29. The summed E-state index contributed by atoms with van der Waals surface area (Å²) >= 11 is 6.00. The summed E-state index contributed by atoms with van der Waals surface area (Å²) < 4.78 is 0. The fourth-order valence-corrected chi connectivity index (χ4v) is 2.70. The maximum atomic E-state index is 12.4. The summed E-state index contributed by atoms with van der Waals surface area (Å²) in [6.45, 7) is 2.81. The van der Waals surface area contributed by atoms with Crippen LogP contribution in [0.2, 0.25) is 5.02 Å². The number of benzene rings is 2. The summed E-state index contributed by atoms with van der Waals surface area (Å²) in [4.78, 5) is 35.0. The maximum Gasteiger partial charge on any atom is 0.226 e. The lowest BCUT2D eigenvalue weighted by Gasteiger charge is -2.18. The Labute approximate surface area is 156 Å². The van der Waals surface area contributed by atoms with Crippen LogP contribution in [0.5, 0.6) is 0 Å². The van der Waals surface area contributed by atoms with Gasteiger partial charge in [-0.05, 0) is 35.9 Å². The minimum absolute atomic E-state index is 0.0459. The zero-order valence-corrected chi connectivity index (χ0v) is 15.3. The van der Waals surface area contributed by atoms with E-state index in [1.165, 1.54) is 13.8 Å². The molecule has 0 saturated heterocycles. The first-order chi connectivity index (χ1) is 12.3. The molecule has 0 aliphatic carbocycles. The van der Waals surface area contributed by atoms with Crippen LogP contribution in [0.4, 0.5) is 11.4 Å². The maximum absolute atomic E-state index is 12.4. The number of hydrogen-bond acceptors (Lipinski definition) is 3. The van der Waals surface area contributed by atoms with Gasteiger partial charge in [-0.2, -0.15) is 0 Å². The molecule has 136 valence electrons. The normalized spacial score (nSPS) is 11.3. The molecule has 0 saturated carbocycles. The summed E-state index contributed by atoms with van der Waals surface area (Å²) in [7, 11) is 0. The Morgan fingerprint density at radius 2 is 1.58 bits per heavy atom. The number of rotatable bonds is 6. The van der Waals surface area contributed by atoms with Crippen LogP contribution >= 0.6 is 11.6 Å². The van der Waals surface area contributed by atoms with Crippen LogP contribution in [0.3, 0.4) is 0 Å². The fourth-order valence-electron chi connectivity index (χ4n) is 2.50. The van der Waals surface area contributed by atoms with Gasteiger partial charge in [0.2, 0.25) is 17.7 Å². The van der Waals surface area contributed by atoms with Gasteiger partial charge < -0.3 is 16.0 Å². The van der Waals surface area contributed by atoms with E-state index in [9.17, 15) is 14.4 Å². The van der Waals surface area contributed by atoms with Gasteiger partial charge in [-0.1, -0.05) is 29.8 Å². The first kappa shape index (κ1) is 19.5. The molecule has 3 N–H and O–H groups in total. The van der Waals surface area contributed by atoms with E-state index in [2.05, 4.69) is 16.0 Å². The van der Waals surface area contributed by atoms with Crippen LogP contribution in [-0.4, -0.2) is 17.7 Å². The molecule has 26 heavy (non-hydrogen) atoms. The molecular formula is C19H20ClN3O3. The van der Waals surface area contributed by atoms with Crippen LogP contribution < -0.4 is 16.0 Å². The highest BCUT2D eigenvalue weighted by atomic mass is 35.5. The van der Waals surface area contributed by atoms with Crippen molar-refractivity contribution in [2.24, 2.45) is 0 Å². The minimum atomic E-state index is -0.496. The van der Waals surface area contributed by atoms with Gasteiger partial charge in [0.25, 0.3) is 0 Å². The zero-order valence-electron chi connectivity index (χ0n) is 14.5. The van der Waals surface area contributed by atoms with E-state index in [0.717, 1.165) is 5.56 Å². The Kier molecular flexibility index (Phi) is 6.74. The van der Waals surface area contributed by atoms with Gasteiger partial charge in [0, 0.05) is 30.2 Å². The molecule has 2 rings (SSSR count). The van der Waals surface area contributed by atoms with Crippen molar-refractivity contribution in [2.45, 2.75) is 26.3 Å². The number of amides is 3. The van der Waals surface area contributed by atoms with Crippen molar-refractivity contribution in [1.82, 2.24) is 5.32 Å². The van der Waals surface area contributed by atoms with Crippen molar-refractivity contribution in [2.75, 3.05) is 10.6 Å². The Morgan fingerprint density at radius 1 is 0.923 bits per heavy atom. The first-order valence-corrected chi connectivity index (χ1v) is 8.41. The van der Waals surface area contributed by atoms with E-state index < -0.39 is 6.04 Å². The summed E-state index contributed by atoms with van der Waals surface area (Å²) in [5.41, 5.74) is 1.88. The third-order valence-corrected chi connectivity index (χ3v) is 3.72. The van der Waals surface area contributed by atoms with Gasteiger partial charge in [-0.15, -0.1) is 0 Å². The summed E-state index contributed by atoms with van der Waals surface area (Å²) in [6.07, 6.45) is 0.0459. The van der Waals surface area contributed by atoms with Crippen LogP contribution in [-0.2, 0) is 14.4 Å². The standard InChI is InChI=1S/C19H20ClN3O3/c1-12(24)21-16-7-4-8-17(10-16)23-19(26)11-18(22-13(2)25)14-5-3-6-15(20)9-14/h3-10,18H,11H2,1-2H3,(H,21,24)(H,22,25)(H,23,26). The van der Waals surface area contributed by atoms with Crippen molar-refractivity contribution in [3.8, 4) is 0 Å². The van der Waals surface area contributed by atoms with Crippen LogP contribution in [0.25, 0.3) is 0 Å². The molecule has 6 nitrogen and oxygen atoms in total. The van der Waals surface area contributed by atoms with E-state index in [0.29, 0.717) is 16.4 Å². The van der Waals surface area contributed by atoms with Crippen LogP contribution in [0.1, 0.15) is 31.9 Å². The Morgan fingerprint density at radius 3 is 2.19 bits per heavy atom. The van der Waals surface area contributed by atoms with E-state index in [1.807, 2.05) is 0 Å². The van der Waals surface area contributed by atoms with E-state index in [4.69, 9.17) is 11.6 Å². The quantitative estimate of drug-likeness (QED) is 0.724. The molecule has 0 aliphatic heterocycles. The average molecular weight is 374 g/mol. The lowest BCUT2D eigenvalue weighted by atomic mass is 10.0. The fraction of sp³-hybridized carbons (Fsp3) is 0.211. The van der Waals surface area contributed by atoms with E-state index >= 15 is 0 Å². The highest BCUT2D eigenvalue weighted by Gasteiger charge is 2.17. The molecule has 7 heteroatoms. The smallest absolute Gasteiger partial charge is 0.226 e. The molecule has 0 radical (unpaired) electrons. The number of hydrogen-bond donors (Lipinski definition) is 3. The predicted octanol–water partition coefficient (Wildman–Crippen LogP) is 3.50. The van der Waals surface area contributed by atoms with Gasteiger partial charge in [0.15, 0.2) is 0 Å². The summed E-state index contributed by atoms with van der Waals surface area (Å²) in [5, 5.41) is 8.72. The molecule has 0 fully saturated rings. The van der Waals surface area contributed by atoms with Gasteiger partial charge in [-0.3, -0.25) is 14.4 Å². The summed E-state index contributed by atoms with van der Waals surface area (Å²) in [5.74, 6) is -0.709. The zero-order chi connectivity index (χ0) is 19.1. The SMILES string of the molecule is CC(=O)Nc1cccc(NC(=O)CC(NC(C)=O)c2cccc(Cl)c2)c1. The Bertz CT molecular complexity index is 823. The van der Waals surface area contributed by atoms with Crippen LogP contribution in [0, 0.1) is 0 Å². The summed E-state index contributed by atoms with van der Waals surface area (Å²) in [6, 6.07) is 13.3. The molecule has 0 aromatic heterocycles. The second kappa shape index (κ2) is 9.01. The van der Waals surface area contributed by atoms with Gasteiger partial charge >= 0.3 is 0 Å². The minimum Gasteiger partial charge on any atom is -0.349 e. The molecule has 2 aromatic carbocycles. The second-order valence-electron chi connectivity index (χ2n) is 5.82. The molecule has 1 unspecified atom stereocenters. The van der Waals surface area contributed by atoms with Crippen molar-refractivity contribution >= 4 is 40.7 Å². The van der Waals surface area contributed by atoms with Gasteiger partial charge in [0.1, 0.15) is 0 Å². The topological polar surface area (TPSA) is 87.3 Å². The highest BCUT2D eigenvalue weighted by molar-refractivity contribution is 6.30. The number of carbonyl (C=O) groups excluding carboxylic acids is 3. The van der Waals surface area contributed by atoms with E-state index in [1.54, 1.807) is 48.5 Å². The third kappa shape index (κ3) is 6.22. The molecule has 3 amide bonds. The van der Waals surface area contributed by atoms with Gasteiger partial charge in [0.05, 0.1) is 12.5 Å². The van der Waals surface area contributed by atoms with Crippen molar-refractivity contribution in [1.29, 1.82) is 0 Å². The number of carbonyl (C=O) groups is 3. The second-order valence-corrected chi connectivity index (χ2v) is 6.26. The first-order valence-electron chi connectivity index (χ1n) is 8.03.